The van der Waals surface area contributed by atoms with Gasteiger partial charge in [-0.25, -0.2) is 4.39 Å². The molecule has 5 rings (SSSR count). The molecule has 1 saturated heterocycles. The molecular weight excluding hydrogens is 433 g/mol. The summed E-state index contributed by atoms with van der Waals surface area (Å²) in [5.41, 5.74) is 8.74. The topological polar surface area (TPSA) is 94.6 Å². The number of anilines is 2. The van der Waals surface area contributed by atoms with Crippen molar-refractivity contribution in [3.63, 3.8) is 0 Å². The summed E-state index contributed by atoms with van der Waals surface area (Å²) in [4.78, 5) is 20.9. The van der Waals surface area contributed by atoms with Crippen LogP contribution in [-0.2, 0) is 13.0 Å². The minimum atomic E-state index is -0.337. The lowest BCUT2D eigenvalue weighted by Crippen LogP contribution is -2.48. The lowest BCUT2D eigenvalue weighted by atomic mass is 9.94. The van der Waals surface area contributed by atoms with E-state index in [0.717, 1.165) is 32.7 Å². The molecule has 2 aliphatic heterocycles. The molecule has 1 atom stereocenters. The van der Waals surface area contributed by atoms with Crippen LogP contribution in [0.5, 0.6) is 0 Å². The van der Waals surface area contributed by atoms with Crippen LogP contribution in [0.1, 0.15) is 11.1 Å². The summed E-state index contributed by atoms with van der Waals surface area (Å²) in [5.74, 6) is 1.17. The fourth-order valence-corrected chi connectivity index (χ4v) is 4.72. The zero-order chi connectivity index (χ0) is 23.5. The number of aromatic nitrogens is 3. The molecule has 1 aromatic heterocycles. The monoisotopic (exact) mass is 463 g/mol. The molecule has 1 unspecified atom stereocenters. The Morgan fingerprint density at radius 1 is 0.941 bits per heavy atom. The van der Waals surface area contributed by atoms with Gasteiger partial charge in [-0.15, -0.1) is 0 Å². The lowest BCUT2D eigenvalue weighted by molar-refractivity contribution is 0.252. The number of halogens is 1. The van der Waals surface area contributed by atoms with Crippen molar-refractivity contribution in [3.8, 4) is 11.4 Å². The second kappa shape index (κ2) is 10.0. The molecule has 9 heteroatoms. The van der Waals surface area contributed by atoms with Gasteiger partial charge in [0.25, 0.3) is 0 Å². The van der Waals surface area contributed by atoms with E-state index in [0.29, 0.717) is 42.8 Å². The fourth-order valence-electron chi connectivity index (χ4n) is 4.72. The van der Waals surface area contributed by atoms with Gasteiger partial charge in [0.05, 0.1) is 12.6 Å². The molecule has 3 heterocycles. The minimum absolute atomic E-state index is 0.0115. The Morgan fingerprint density at radius 3 is 2.44 bits per heavy atom. The molecule has 0 radical (unpaired) electrons. The van der Waals surface area contributed by atoms with Crippen LogP contribution in [0.4, 0.5) is 16.3 Å². The Bertz CT molecular complexity index is 1140. The van der Waals surface area contributed by atoms with Crippen molar-refractivity contribution in [1.82, 2.24) is 19.9 Å². The molecule has 34 heavy (non-hydrogen) atoms. The third kappa shape index (κ3) is 4.72. The van der Waals surface area contributed by atoms with E-state index in [9.17, 15) is 9.50 Å². The largest absolute Gasteiger partial charge is 0.394 e. The second-order valence-corrected chi connectivity index (χ2v) is 8.82. The number of aliphatic hydroxyl groups is 1. The van der Waals surface area contributed by atoms with Crippen LogP contribution in [0, 0.1) is 5.82 Å². The van der Waals surface area contributed by atoms with E-state index in [1.807, 2.05) is 17.0 Å². The van der Waals surface area contributed by atoms with E-state index in [2.05, 4.69) is 21.9 Å². The number of hydrogen-bond donors (Lipinski definition) is 2. The highest BCUT2D eigenvalue weighted by atomic mass is 19.1. The van der Waals surface area contributed by atoms with Crippen molar-refractivity contribution < 1.29 is 9.50 Å². The van der Waals surface area contributed by atoms with Crippen molar-refractivity contribution in [2.45, 2.75) is 19.0 Å². The summed E-state index contributed by atoms with van der Waals surface area (Å²) in [6.45, 7) is 5.40. The predicted molar refractivity (Wildman–Crippen MR) is 130 cm³/mol. The van der Waals surface area contributed by atoms with E-state index in [1.54, 1.807) is 12.1 Å². The summed E-state index contributed by atoms with van der Waals surface area (Å²) in [7, 11) is 0. The molecule has 2 aromatic carbocycles. The fraction of sp³-hybridized carbons (Fsp3) is 0.400. The molecule has 8 nitrogen and oxygen atoms in total. The van der Waals surface area contributed by atoms with E-state index in [1.165, 1.54) is 23.3 Å². The van der Waals surface area contributed by atoms with Crippen LogP contribution >= 0.6 is 0 Å². The van der Waals surface area contributed by atoms with E-state index in [4.69, 9.17) is 20.7 Å². The highest BCUT2D eigenvalue weighted by Crippen LogP contribution is 2.29. The van der Waals surface area contributed by atoms with Gasteiger partial charge in [-0.3, -0.25) is 4.90 Å². The second-order valence-electron chi connectivity index (χ2n) is 8.82. The zero-order valence-corrected chi connectivity index (χ0v) is 19.1. The first-order chi connectivity index (χ1) is 16.6. The van der Waals surface area contributed by atoms with Crippen LogP contribution in [0.15, 0.2) is 48.5 Å². The first kappa shape index (κ1) is 22.6. The minimum Gasteiger partial charge on any atom is -0.394 e. The predicted octanol–water partition coefficient (Wildman–Crippen LogP) is 1.68. The molecule has 0 saturated carbocycles. The number of fused-ring (bicyclic) bond motifs is 1. The summed E-state index contributed by atoms with van der Waals surface area (Å²) in [6.07, 6.45) is 0.709. The standard InChI is InChI=1S/C25H30FN7O/c26-21-7-3-6-19(14-21)23-28-24(32-12-10-31(9-8-27)11-13-32)30-25(29-23)33-16-20-5-2-1-4-18(20)15-22(33)17-34/h1-7,14,22,34H,8-13,15-17,27H2. The maximum atomic E-state index is 14.0. The van der Waals surface area contributed by atoms with Crippen LogP contribution < -0.4 is 15.5 Å². The zero-order valence-electron chi connectivity index (χ0n) is 19.1. The first-order valence-electron chi connectivity index (χ1n) is 11.8. The van der Waals surface area contributed by atoms with Crippen LogP contribution in [0.25, 0.3) is 11.4 Å². The third-order valence-electron chi connectivity index (χ3n) is 6.62. The molecule has 0 aliphatic carbocycles. The number of piperazine rings is 1. The van der Waals surface area contributed by atoms with Crippen molar-refractivity contribution >= 4 is 11.9 Å². The Balaban J connectivity index is 1.52. The van der Waals surface area contributed by atoms with Gasteiger partial charge in [-0.05, 0) is 29.7 Å². The van der Waals surface area contributed by atoms with Crippen molar-refractivity contribution in [2.75, 3.05) is 55.7 Å². The average molecular weight is 464 g/mol. The molecule has 178 valence electrons. The van der Waals surface area contributed by atoms with Gasteiger partial charge in [-0.1, -0.05) is 36.4 Å². The van der Waals surface area contributed by atoms with Crippen molar-refractivity contribution in [1.29, 1.82) is 0 Å². The third-order valence-corrected chi connectivity index (χ3v) is 6.62. The van der Waals surface area contributed by atoms with Gasteiger partial charge in [0.15, 0.2) is 5.82 Å². The van der Waals surface area contributed by atoms with Crippen molar-refractivity contribution in [3.05, 3.63) is 65.5 Å². The Hall–Kier alpha value is -3.14. The molecule has 2 aliphatic rings. The Morgan fingerprint density at radius 2 is 1.71 bits per heavy atom. The molecule has 1 fully saturated rings. The van der Waals surface area contributed by atoms with E-state index >= 15 is 0 Å². The maximum absolute atomic E-state index is 14.0. The molecule has 3 aromatic rings. The summed E-state index contributed by atoms with van der Waals surface area (Å²) < 4.78 is 14.0. The first-order valence-corrected chi connectivity index (χ1v) is 11.8. The van der Waals surface area contributed by atoms with Gasteiger partial charge in [0, 0.05) is 51.4 Å². The number of nitrogens with two attached hydrogens (primary N) is 1. The smallest absolute Gasteiger partial charge is 0.231 e. The van der Waals surface area contributed by atoms with E-state index < -0.39 is 0 Å². The maximum Gasteiger partial charge on any atom is 0.231 e. The SMILES string of the molecule is NCCN1CCN(c2nc(-c3cccc(F)c3)nc(N3Cc4ccccc4CC3CO)n2)CC1. The number of aliphatic hydroxyl groups excluding tert-OH is 1. The average Bonchev–Trinajstić information content (AvgIpc) is 2.88. The number of rotatable bonds is 6. The molecule has 3 N–H and O–H groups in total. The number of hydrogen-bond acceptors (Lipinski definition) is 8. The highest BCUT2D eigenvalue weighted by molar-refractivity contribution is 5.59. The van der Waals surface area contributed by atoms with Gasteiger partial charge in [0.1, 0.15) is 5.82 Å². The lowest BCUT2D eigenvalue weighted by Gasteiger charge is -2.37. The van der Waals surface area contributed by atoms with Gasteiger partial charge in [-0.2, -0.15) is 15.0 Å². The van der Waals surface area contributed by atoms with E-state index in [-0.39, 0.29) is 18.5 Å². The van der Waals surface area contributed by atoms with Crippen molar-refractivity contribution in [2.24, 2.45) is 5.73 Å². The van der Waals surface area contributed by atoms with Crippen LogP contribution in [0.2, 0.25) is 0 Å². The summed E-state index contributed by atoms with van der Waals surface area (Å²) >= 11 is 0. The quantitative estimate of drug-likeness (QED) is 0.570. The Kier molecular flexibility index (Phi) is 6.66. The Labute approximate surface area is 198 Å². The highest BCUT2D eigenvalue weighted by Gasteiger charge is 2.29. The molecule has 0 spiro atoms. The molecule has 0 bridgehead atoms. The summed E-state index contributed by atoms with van der Waals surface area (Å²) in [6, 6.07) is 14.4. The number of nitrogens with zero attached hydrogens (tertiary/aromatic N) is 6. The summed E-state index contributed by atoms with van der Waals surface area (Å²) in [5, 5.41) is 10.2. The molecular formula is C25H30FN7O. The van der Waals surface area contributed by atoms with Gasteiger partial charge in [0.2, 0.25) is 11.9 Å². The molecule has 0 amide bonds. The van der Waals surface area contributed by atoms with Crippen LogP contribution in [-0.4, -0.2) is 76.9 Å². The van der Waals surface area contributed by atoms with Gasteiger partial charge < -0.3 is 20.6 Å². The van der Waals surface area contributed by atoms with Crippen LogP contribution in [0.3, 0.4) is 0 Å². The number of benzene rings is 2. The van der Waals surface area contributed by atoms with Gasteiger partial charge >= 0.3 is 0 Å². The normalized spacial score (nSPS) is 18.7.